The van der Waals surface area contributed by atoms with Crippen LogP contribution in [0, 0.1) is 0 Å². The summed E-state index contributed by atoms with van der Waals surface area (Å²) >= 11 is 6.19. The summed E-state index contributed by atoms with van der Waals surface area (Å²) in [6.07, 6.45) is 0.840. The second-order valence-electron chi connectivity index (χ2n) is 7.21. The zero-order valence-corrected chi connectivity index (χ0v) is 17.5. The van der Waals surface area contributed by atoms with Gasteiger partial charge in [0.2, 0.25) is 5.82 Å². The van der Waals surface area contributed by atoms with E-state index in [0.29, 0.717) is 34.1 Å². The Hall–Kier alpha value is -3.23. The fourth-order valence-corrected chi connectivity index (χ4v) is 3.32. The van der Waals surface area contributed by atoms with E-state index in [1.54, 1.807) is 18.2 Å². The minimum atomic E-state index is -0.319. The lowest BCUT2D eigenvalue weighted by atomic mass is 10.2. The normalized spacial score (nSPS) is 11.3. The van der Waals surface area contributed by atoms with E-state index in [0.717, 1.165) is 23.9 Å². The van der Waals surface area contributed by atoms with Gasteiger partial charge in [-0.15, -0.1) is 0 Å². The third-order valence-corrected chi connectivity index (χ3v) is 4.87. The molecule has 2 aromatic heterocycles. The lowest BCUT2D eigenvalue weighted by Gasteiger charge is -2.11. The number of hydrogen-bond donors (Lipinski definition) is 3. The number of carbonyl (C=O) groups is 1. The molecule has 154 valence electrons. The highest BCUT2D eigenvalue weighted by molar-refractivity contribution is 6.31. The van der Waals surface area contributed by atoms with Crippen molar-refractivity contribution < 1.29 is 4.79 Å². The van der Waals surface area contributed by atoms with Gasteiger partial charge in [0.1, 0.15) is 5.82 Å². The van der Waals surface area contributed by atoms with E-state index in [-0.39, 0.29) is 11.7 Å². The molecule has 3 N–H and O–H groups in total. The first kappa shape index (κ1) is 20.1. The van der Waals surface area contributed by atoms with Crippen molar-refractivity contribution in [3.05, 3.63) is 53.3 Å². The third kappa shape index (κ3) is 4.34. The van der Waals surface area contributed by atoms with Crippen LogP contribution in [-0.4, -0.2) is 58.2 Å². The molecule has 0 saturated carbocycles. The Morgan fingerprint density at radius 3 is 2.77 bits per heavy atom. The number of aromatic amines is 1. The van der Waals surface area contributed by atoms with Gasteiger partial charge in [-0.25, -0.2) is 9.97 Å². The predicted molar refractivity (Wildman–Crippen MR) is 119 cm³/mol. The molecule has 0 aliphatic carbocycles. The number of fused-ring (bicyclic) bond motifs is 2. The molecule has 8 nitrogen and oxygen atoms in total. The molecule has 0 radical (unpaired) electrons. The molecular weight excluding hydrogens is 402 g/mol. The number of nitrogens with zero attached hydrogens (tertiary/aromatic N) is 4. The van der Waals surface area contributed by atoms with E-state index in [2.05, 4.69) is 35.7 Å². The van der Waals surface area contributed by atoms with Crippen molar-refractivity contribution in [2.75, 3.05) is 32.5 Å². The average Bonchev–Trinajstić information content (AvgIpc) is 3.14. The van der Waals surface area contributed by atoms with Gasteiger partial charge in [-0.3, -0.25) is 9.89 Å². The molecule has 0 saturated heterocycles. The van der Waals surface area contributed by atoms with E-state index in [1.807, 2.05) is 38.4 Å². The summed E-state index contributed by atoms with van der Waals surface area (Å²) < 4.78 is 0. The van der Waals surface area contributed by atoms with Crippen LogP contribution < -0.4 is 10.6 Å². The summed E-state index contributed by atoms with van der Waals surface area (Å²) in [5, 5.41) is 15.6. The van der Waals surface area contributed by atoms with E-state index < -0.39 is 0 Å². The molecule has 0 unspecified atom stereocenters. The maximum atomic E-state index is 12.6. The minimum absolute atomic E-state index is 0.0945. The van der Waals surface area contributed by atoms with Gasteiger partial charge in [0.05, 0.1) is 11.0 Å². The molecule has 0 fully saturated rings. The molecule has 2 aromatic carbocycles. The van der Waals surface area contributed by atoms with Crippen LogP contribution in [0.5, 0.6) is 0 Å². The number of halogens is 1. The van der Waals surface area contributed by atoms with Gasteiger partial charge in [-0.05, 0) is 57.4 Å². The maximum Gasteiger partial charge on any atom is 0.289 e. The number of benzene rings is 2. The van der Waals surface area contributed by atoms with Crippen LogP contribution >= 0.6 is 11.6 Å². The van der Waals surface area contributed by atoms with Gasteiger partial charge < -0.3 is 15.5 Å². The highest BCUT2D eigenvalue weighted by Gasteiger charge is 2.16. The summed E-state index contributed by atoms with van der Waals surface area (Å²) in [6.45, 7) is 1.43. The van der Waals surface area contributed by atoms with E-state index in [9.17, 15) is 4.79 Å². The van der Waals surface area contributed by atoms with Crippen LogP contribution in [0.2, 0.25) is 5.02 Å². The molecule has 9 heteroatoms. The molecule has 4 aromatic rings. The number of para-hydroxylation sites is 1. The SMILES string of the molecule is CN(C)CCCNC(=O)c1nc(Nc2n[nH]c3ccccc23)c2cc(Cl)ccc2n1. The molecule has 4 rings (SSSR count). The van der Waals surface area contributed by atoms with Crippen LogP contribution in [0.15, 0.2) is 42.5 Å². The molecule has 0 aliphatic heterocycles. The van der Waals surface area contributed by atoms with Crippen molar-refractivity contribution in [3.63, 3.8) is 0 Å². The van der Waals surface area contributed by atoms with Crippen LogP contribution in [0.25, 0.3) is 21.8 Å². The van der Waals surface area contributed by atoms with Crippen molar-refractivity contribution in [2.45, 2.75) is 6.42 Å². The fraction of sp³-hybridized carbons (Fsp3) is 0.238. The van der Waals surface area contributed by atoms with E-state index in [4.69, 9.17) is 11.6 Å². The van der Waals surface area contributed by atoms with Crippen LogP contribution in [-0.2, 0) is 0 Å². The molecule has 1 amide bonds. The minimum Gasteiger partial charge on any atom is -0.349 e. The van der Waals surface area contributed by atoms with Gasteiger partial charge in [-0.2, -0.15) is 5.10 Å². The summed E-state index contributed by atoms with van der Waals surface area (Å²) in [6, 6.07) is 13.0. The van der Waals surface area contributed by atoms with Crippen molar-refractivity contribution in [2.24, 2.45) is 0 Å². The number of carbonyl (C=O) groups excluding carboxylic acids is 1. The van der Waals surface area contributed by atoms with Gasteiger partial charge in [0.25, 0.3) is 5.91 Å². The maximum absolute atomic E-state index is 12.6. The van der Waals surface area contributed by atoms with Crippen LogP contribution in [0.4, 0.5) is 11.6 Å². The van der Waals surface area contributed by atoms with Crippen molar-refractivity contribution in [3.8, 4) is 0 Å². The molecule has 0 bridgehead atoms. The van der Waals surface area contributed by atoms with E-state index >= 15 is 0 Å². The Bertz CT molecular complexity index is 1200. The van der Waals surface area contributed by atoms with Gasteiger partial charge in [0, 0.05) is 22.3 Å². The second kappa shape index (κ2) is 8.64. The number of anilines is 2. The van der Waals surface area contributed by atoms with Crippen LogP contribution in [0.3, 0.4) is 0 Å². The summed E-state index contributed by atoms with van der Waals surface area (Å²) in [5.74, 6) is 0.860. The predicted octanol–water partition coefficient (Wildman–Crippen LogP) is 3.58. The Kier molecular flexibility index (Phi) is 5.78. The standard InChI is InChI=1S/C21H22ClN7O/c1-29(2)11-5-10-23-21(30)20-24-16-9-8-13(22)12-15(16)18(26-20)25-19-14-6-3-4-7-17(14)27-28-19/h3-4,6-9,12H,5,10-11H2,1-2H3,(H,23,30)(H2,24,25,26,27,28). The largest absolute Gasteiger partial charge is 0.349 e. The quantitative estimate of drug-likeness (QED) is 0.393. The molecule has 0 spiro atoms. The number of rotatable bonds is 7. The first-order valence-electron chi connectivity index (χ1n) is 9.61. The molecule has 0 atom stereocenters. The Balaban J connectivity index is 1.67. The lowest BCUT2D eigenvalue weighted by molar-refractivity contribution is 0.0942. The Labute approximate surface area is 178 Å². The summed E-state index contributed by atoms with van der Waals surface area (Å²) in [7, 11) is 3.99. The fourth-order valence-electron chi connectivity index (χ4n) is 3.14. The topological polar surface area (TPSA) is 98.8 Å². The average molecular weight is 424 g/mol. The van der Waals surface area contributed by atoms with Crippen molar-refractivity contribution >= 4 is 50.9 Å². The number of amides is 1. The first-order chi connectivity index (χ1) is 14.5. The lowest BCUT2D eigenvalue weighted by Crippen LogP contribution is -2.28. The molecule has 30 heavy (non-hydrogen) atoms. The summed E-state index contributed by atoms with van der Waals surface area (Å²) in [4.78, 5) is 23.6. The van der Waals surface area contributed by atoms with E-state index in [1.165, 1.54) is 0 Å². The van der Waals surface area contributed by atoms with Crippen molar-refractivity contribution in [1.29, 1.82) is 0 Å². The van der Waals surface area contributed by atoms with Crippen molar-refractivity contribution in [1.82, 2.24) is 30.4 Å². The number of H-pyrrole nitrogens is 1. The Morgan fingerprint density at radius 1 is 1.10 bits per heavy atom. The highest BCUT2D eigenvalue weighted by Crippen LogP contribution is 2.29. The number of aromatic nitrogens is 4. The first-order valence-corrected chi connectivity index (χ1v) is 9.99. The molecule has 2 heterocycles. The number of hydrogen-bond acceptors (Lipinski definition) is 6. The van der Waals surface area contributed by atoms with Crippen LogP contribution in [0.1, 0.15) is 17.0 Å². The van der Waals surface area contributed by atoms with Gasteiger partial charge in [0.15, 0.2) is 5.82 Å². The Morgan fingerprint density at radius 2 is 1.93 bits per heavy atom. The molecule has 0 aliphatic rings. The summed E-state index contributed by atoms with van der Waals surface area (Å²) in [5.41, 5.74) is 1.52. The highest BCUT2D eigenvalue weighted by atomic mass is 35.5. The third-order valence-electron chi connectivity index (χ3n) is 4.64. The monoisotopic (exact) mass is 423 g/mol. The number of nitrogens with one attached hydrogen (secondary N) is 3. The zero-order chi connectivity index (χ0) is 21.1. The zero-order valence-electron chi connectivity index (χ0n) is 16.7. The smallest absolute Gasteiger partial charge is 0.289 e. The second-order valence-corrected chi connectivity index (χ2v) is 7.65. The van der Waals surface area contributed by atoms with Gasteiger partial charge >= 0.3 is 0 Å². The molecular formula is C21H22ClN7O. The van der Waals surface area contributed by atoms with Gasteiger partial charge in [-0.1, -0.05) is 23.7 Å².